The Balaban J connectivity index is 1.99. The third kappa shape index (κ3) is 1.86. The molecule has 0 unspecified atom stereocenters. The summed E-state index contributed by atoms with van der Waals surface area (Å²) in [4.78, 5) is 13.2. The minimum Gasteiger partial charge on any atom is -0.342 e. The molecule has 1 aliphatic carbocycles. The largest absolute Gasteiger partial charge is 0.342 e. The number of benzene rings is 1. The zero-order valence-corrected chi connectivity index (χ0v) is 10.1. The molecular formula is C15H19NO. The fraction of sp³-hybridized carbons (Fsp3) is 0.533. The maximum atomic E-state index is 11.2. The normalized spacial score (nSPS) is 27.9. The predicted molar refractivity (Wildman–Crippen MR) is 67.9 cm³/mol. The van der Waals surface area contributed by atoms with E-state index in [1.807, 2.05) is 4.90 Å². The van der Waals surface area contributed by atoms with Crippen molar-refractivity contribution in [1.82, 2.24) is 4.90 Å². The summed E-state index contributed by atoms with van der Waals surface area (Å²) in [6.07, 6.45) is 7.00. The Labute approximate surface area is 103 Å². The molecule has 2 atom stereocenters. The SMILES string of the molecule is O=CN1CCC[C@H]2c3ccccc3CCC[C@H]21. The lowest BCUT2D eigenvalue weighted by molar-refractivity contribution is -0.122. The van der Waals surface area contributed by atoms with E-state index < -0.39 is 0 Å². The zero-order chi connectivity index (χ0) is 11.7. The van der Waals surface area contributed by atoms with Crippen molar-refractivity contribution in [3.63, 3.8) is 0 Å². The van der Waals surface area contributed by atoms with Crippen LogP contribution in [0.15, 0.2) is 24.3 Å². The van der Waals surface area contributed by atoms with Gasteiger partial charge in [0.05, 0.1) is 0 Å². The Morgan fingerprint density at radius 3 is 2.94 bits per heavy atom. The summed E-state index contributed by atoms with van der Waals surface area (Å²) in [6, 6.07) is 9.26. The first kappa shape index (κ1) is 10.8. The number of carbonyl (C=O) groups excluding carboxylic acids is 1. The lowest BCUT2D eigenvalue weighted by Gasteiger charge is -2.39. The van der Waals surface area contributed by atoms with Crippen molar-refractivity contribution in [2.24, 2.45) is 0 Å². The highest BCUT2D eigenvalue weighted by molar-refractivity contribution is 5.49. The highest BCUT2D eigenvalue weighted by atomic mass is 16.1. The molecule has 0 radical (unpaired) electrons. The highest BCUT2D eigenvalue weighted by Gasteiger charge is 2.33. The summed E-state index contributed by atoms with van der Waals surface area (Å²) in [5.74, 6) is 0.577. The van der Waals surface area contributed by atoms with E-state index in [-0.39, 0.29) is 0 Å². The molecule has 2 heteroatoms. The molecule has 2 aliphatic rings. The monoisotopic (exact) mass is 229 g/mol. The molecule has 1 aromatic carbocycles. The molecule has 0 N–H and O–H groups in total. The molecule has 2 nitrogen and oxygen atoms in total. The van der Waals surface area contributed by atoms with Gasteiger partial charge in [0.15, 0.2) is 0 Å². The number of hydrogen-bond acceptors (Lipinski definition) is 1. The van der Waals surface area contributed by atoms with Gasteiger partial charge in [-0.3, -0.25) is 4.79 Å². The van der Waals surface area contributed by atoms with Crippen LogP contribution in [0.2, 0.25) is 0 Å². The first-order valence-corrected chi connectivity index (χ1v) is 6.69. The van der Waals surface area contributed by atoms with Gasteiger partial charge in [-0.2, -0.15) is 0 Å². The summed E-state index contributed by atoms with van der Waals surface area (Å²) in [7, 11) is 0. The van der Waals surface area contributed by atoms with Gasteiger partial charge in [0.25, 0.3) is 0 Å². The number of piperidine rings is 1. The molecule has 1 aliphatic heterocycles. The Morgan fingerprint density at radius 2 is 2.06 bits per heavy atom. The van der Waals surface area contributed by atoms with Crippen LogP contribution in [0.4, 0.5) is 0 Å². The van der Waals surface area contributed by atoms with Crippen LogP contribution in [0, 0.1) is 0 Å². The average molecular weight is 229 g/mol. The molecule has 0 saturated carbocycles. The quantitative estimate of drug-likeness (QED) is 0.678. The molecule has 1 heterocycles. The van der Waals surface area contributed by atoms with Gasteiger partial charge in [-0.15, -0.1) is 0 Å². The molecule has 1 amide bonds. The summed E-state index contributed by atoms with van der Waals surface area (Å²) < 4.78 is 0. The lowest BCUT2D eigenvalue weighted by atomic mass is 9.82. The van der Waals surface area contributed by atoms with Gasteiger partial charge in [0.2, 0.25) is 6.41 Å². The van der Waals surface area contributed by atoms with Crippen molar-refractivity contribution in [2.45, 2.75) is 44.1 Å². The van der Waals surface area contributed by atoms with Crippen LogP contribution >= 0.6 is 0 Å². The van der Waals surface area contributed by atoms with Gasteiger partial charge in [-0.1, -0.05) is 24.3 Å². The first-order chi connectivity index (χ1) is 8.40. The van der Waals surface area contributed by atoms with Gasteiger partial charge in [0, 0.05) is 18.5 Å². The van der Waals surface area contributed by atoms with Gasteiger partial charge in [0.1, 0.15) is 0 Å². The zero-order valence-electron chi connectivity index (χ0n) is 10.1. The van der Waals surface area contributed by atoms with Crippen LogP contribution in [-0.4, -0.2) is 23.9 Å². The average Bonchev–Trinajstić information content (AvgIpc) is 2.58. The standard InChI is InChI=1S/C15H19NO/c17-11-16-10-4-8-14-13-7-2-1-5-12(13)6-3-9-15(14)16/h1-2,5,7,11,14-15H,3-4,6,8-10H2/t14-,15+/m0/s1. The van der Waals surface area contributed by atoms with E-state index in [2.05, 4.69) is 24.3 Å². The van der Waals surface area contributed by atoms with Gasteiger partial charge in [-0.25, -0.2) is 0 Å². The minimum absolute atomic E-state index is 0.449. The number of carbonyl (C=O) groups is 1. The van der Waals surface area contributed by atoms with E-state index in [0.29, 0.717) is 12.0 Å². The van der Waals surface area contributed by atoms with Crippen molar-refractivity contribution in [1.29, 1.82) is 0 Å². The van der Waals surface area contributed by atoms with Crippen molar-refractivity contribution in [3.8, 4) is 0 Å². The number of likely N-dealkylation sites (tertiary alicyclic amines) is 1. The molecule has 0 spiro atoms. The Hall–Kier alpha value is -1.31. The molecule has 17 heavy (non-hydrogen) atoms. The summed E-state index contributed by atoms with van der Waals surface area (Å²) in [6.45, 7) is 0.951. The minimum atomic E-state index is 0.449. The summed E-state index contributed by atoms with van der Waals surface area (Å²) in [5, 5.41) is 0. The number of nitrogens with zero attached hydrogens (tertiary/aromatic N) is 1. The predicted octanol–water partition coefficient (Wildman–Crippen LogP) is 2.73. The van der Waals surface area contributed by atoms with Crippen LogP contribution in [0.3, 0.4) is 0 Å². The van der Waals surface area contributed by atoms with E-state index in [4.69, 9.17) is 0 Å². The van der Waals surface area contributed by atoms with Crippen LogP contribution < -0.4 is 0 Å². The molecule has 0 bridgehead atoms. The van der Waals surface area contributed by atoms with Gasteiger partial charge >= 0.3 is 0 Å². The van der Waals surface area contributed by atoms with Crippen molar-refractivity contribution < 1.29 is 4.79 Å². The van der Waals surface area contributed by atoms with Crippen LogP contribution in [0.5, 0.6) is 0 Å². The van der Waals surface area contributed by atoms with Crippen molar-refractivity contribution in [3.05, 3.63) is 35.4 Å². The maximum Gasteiger partial charge on any atom is 0.209 e. The van der Waals surface area contributed by atoms with E-state index in [1.54, 1.807) is 0 Å². The second kappa shape index (κ2) is 4.52. The second-order valence-electron chi connectivity index (χ2n) is 5.25. The maximum absolute atomic E-state index is 11.2. The molecule has 1 saturated heterocycles. The fourth-order valence-electron chi connectivity index (χ4n) is 3.57. The summed E-state index contributed by atoms with van der Waals surface area (Å²) in [5.41, 5.74) is 3.01. The Kier molecular flexibility index (Phi) is 2.87. The van der Waals surface area contributed by atoms with Crippen LogP contribution in [0.1, 0.15) is 42.7 Å². The molecule has 0 aromatic heterocycles. The van der Waals surface area contributed by atoms with Crippen molar-refractivity contribution in [2.75, 3.05) is 6.54 Å². The van der Waals surface area contributed by atoms with E-state index in [9.17, 15) is 4.79 Å². The van der Waals surface area contributed by atoms with E-state index in [1.165, 1.54) is 30.4 Å². The Bertz CT molecular complexity index is 415. The van der Waals surface area contributed by atoms with Gasteiger partial charge < -0.3 is 4.90 Å². The fourth-order valence-corrected chi connectivity index (χ4v) is 3.57. The summed E-state index contributed by atoms with van der Waals surface area (Å²) >= 11 is 0. The second-order valence-corrected chi connectivity index (χ2v) is 5.25. The lowest BCUT2D eigenvalue weighted by Crippen LogP contribution is -2.42. The molecule has 1 aromatic rings. The smallest absolute Gasteiger partial charge is 0.209 e. The number of fused-ring (bicyclic) bond motifs is 3. The van der Waals surface area contributed by atoms with Crippen LogP contribution in [0.25, 0.3) is 0 Å². The molecule has 3 rings (SSSR count). The first-order valence-electron chi connectivity index (χ1n) is 6.69. The molecule has 1 fully saturated rings. The van der Waals surface area contributed by atoms with E-state index >= 15 is 0 Å². The molecular weight excluding hydrogens is 210 g/mol. The third-order valence-electron chi connectivity index (χ3n) is 4.36. The van der Waals surface area contributed by atoms with Crippen LogP contribution in [-0.2, 0) is 11.2 Å². The number of amides is 1. The topological polar surface area (TPSA) is 20.3 Å². The number of hydrogen-bond donors (Lipinski definition) is 0. The van der Waals surface area contributed by atoms with Gasteiger partial charge in [-0.05, 0) is 43.2 Å². The molecule has 90 valence electrons. The number of aryl methyl sites for hydroxylation is 1. The van der Waals surface area contributed by atoms with E-state index in [0.717, 1.165) is 25.8 Å². The van der Waals surface area contributed by atoms with Crippen molar-refractivity contribution >= 4 is 6.41 Å². The number of rotatable bonds is 1. The Morgan fingerprint density at radius 1 is 1.18 bits per heavy atom. The highest BCUT2D eigenvalue weighted by Crippen LogP contribution is 2.38. The third-order valence-corrected chi connectivity index (χ3v) is 4.36.